The zero-order valence-corrected chi connectivity index (χ0v) is 21.6. The Morgan fingerprint density at radius 1 is 1.00 bits per heavy atom. The van der Waals surface area contributed by atoms with E-state index in [-0.39, 0.29) is 10.8 Å². The first-order valence-corrected chi connectivity index (χ1v) is 13.9. The Balaban J connectivity index is 1.60. The Kier molecular flexibility index (Phi) is 7.78. The maximum Gasteiger partial charge on any atom is 0.257 e. The monoisotopic (exact) mass is 519 g/mol. The second-order valence-corrected chi connectivity index (χ2v) is 10.8. The van der Waals surface area contributed by atoms with Gasteiger partial charge in [-0.15, -0.1) is 0 Å². The average Bonchev–Trinajstić information content (AvgIpc) is 3.51. The highest BCUT2D eigenvalue weighted by Crippen LogP contribution is 2.39. The Bertz CT molecular complexity index is 1290. The van der Waals surface area contributed by atoms with Crippen LogP contribution in [0, 0.1) is 0 Å². The van der Waals surface area contributed by atoms with E-state index in [9.17, 15) is 13.2 Å². The number of hydrogen-bond donors (Lipinski definition) is 1. The van der Waals surface area contributed by atoms with Crippen molar-refractivity contribution >= 4 is 42.6 Å². The number of hydrogen-bond acceptors (Lipinski definition) is 8. The van der Waals surface area contributed by atoms with Crippen LogP contribution in [0.1, 0.15) is 44.0 Å². The third kappa shape index (κ3) is 5.36. The van der Waals surface area contributed by atoms with Crippen molar-refractivity contribution in [1.82, 2.24) is 9.29 Å². The molecule has 1 saturated heterocycles. The normalized spacial score (nSPS) is 14.3. The molecular weight excluding hydrogens is 490 g/mol. The molecule has 0 atom stereocenters. The Morgan fingerprint density at radius 2 is 1.63 bits per heavy atom. The topological polar surface area (TPSA) is 107 Å². The molecule has 0 saturated carbocycles. The summed E-state index contributed by atoms with van der Waals surface area (Å²) < 4.78 is 45.1. The minimum atomic E-state index is -3.53. The molecule has 0 spiro atoms. The number of thiazole rings is 1. The zero-order chi connectivity index (χ0) is 25.0. The van der Waals surface area contributed by atoms with Crippen LogP contribution in [0.15, 0.2) is 35.2 Å². The van der Waals surface area contributed by atoms with E-state index in [0.29, 0.717) is 71.1 Å². The lowest BCUT2D eigenvalue weighted by Gasteiger charge is -2.16. The quantitative estimate of drug-likeness (QED) is 0.419. The van der Waals surface area contributed by atoms with Crippen molar-refractivity contribution in [2.24, 2.45) is 0 Å². The largest absolute Gasteiger partial charge is 0.490 e. The molecular formula is C24H29N3O6S2. The molecule has 35 heavy (non-hydrogen) atoms. The van der Waals surface area contributed by atoms with Crippen molar-refractivity contribution in [3.63, 3.8) is 0 Å². The van der Waals surface area contributed by atoms with Crippen LogP contribution in [-0.4, -0.2) is 56.5 Å². The van der Waals surface area contributed by atoms with Gasteiger partial charge in [-0.1, -0.05) is 11.3 Å². The molecule has 0 unspecified atom stereocenters. The second-order valence-electron chi connectivity index (χ2n) is 7.81. The fourth-order valence-corrected chi connectivity index (χ4v) is 6.40. The second kappa shape index (κ2) is 10.8. The lowest BCUT2D eigenvalue weighted by atomic mass is 10.1. The lowest BCUT2D eigenvalue weighted by Crippen LogP contribution is -2.27. The summed E-state index contributed by atoms with van der Waals surface area (Å²) in [7, 11) is -3.53. The number of anilines is 1. The first-order valence-electron chi connectivity index (χ1n) is 11.7. The van der Waals surface area contributed by atoms with Gasteiger partial charge in [0.15, 0.2) is 16.6 Å². The maximum atomic E-state index is 13.1. The SMILES string of the molecule is CCOc1cc(C(=O)Nc2nc3ccc(S(=O)(=O)N4CCCC4)cc3s2)cc(OCC)c1OCC. The third-order valence-corrected chi connectivity index (χ3v) is 8.28. The molecule has 1 amide bonds. The van der Waals surface area contributed by atoms with Crippen LogP contribution in [0.4, 0.5) is 5.13 Å². The van der Waals surface area contributed by atoms with Crippen molar-refractivity contribution in [2.75, 3.05) is 38.2 Å². The number of rotatable bonds is 10. The number of amides is 1. The summed E-state index contributed by atoms with van der Waals surface area (Å²) in [6.45, 7) is 7.87. The van der Waals surface area contributed by atoms with Gasteiger partial charge in [0.2, 0.25) is 15.8 Å². The number of fused-ring (bicyclic) bond motifs is 1. The molecule has 1 N–H and O–H groups in total. The Labute approximate surface area is 209 Å². The maximum absolute atomic E-state index is 13.1. The molecule has 1 aliphatic heterocycles. The van der Waals surface area contributed by atoms with Gasteiger partial charge in [-0.05, 0) is 63.9 Å². The number of ether oxygens (including phenoxy) is 3. The van der Waals surface area contributed by atoms with Gasteiger partial charge in [0.05, 0.1) is 34.9 Å². The molecule has 1 aromatic heterocycles. The molecule has 2 heterocycles. The van der Waals surface area contributed by atoms with Gasteiger partial charge < -0.3 is 14.2 Å². The minimum Gasteiger partial charge on any atom is -0.490 e. The summed E-state index contributed by atoms with van der Waals surface area (Å²) >= 11 is 1.22. The van der Waals surface area contributed by atoms with E-state index >= 15 is 0 Å². The summed E-state index contributed by atoms with van der Waals surface area (Å²) in [5, 5.41) is 3.17. The molecule has 9 nitrogen and oxygen atoms in total. The summed E-state index contributed by atoms with van der Waals surface area (Å²) in [5.41, 5.74) is 0.944. The number of benzene rings is 2. The number of nitrogens with zero attached hydrogens (tertiary/aromatic N) is 2. The lowest BCUT2D eigenvalue weighted by molar-refractivity contribution is 0.102. The molecule has 2 aromatic carbocycles. The van der Waals surface area contributed by atoms with Crippen molar-refractivity contribution in [3.8, 4) is 17.2 Å². The number of nitrogens with one attached hydrogen (secondary N) is 1. The molecule has 11 heteroatoms. The molecule has 1 aliphatic rings. The van der Waals surface area contributed by atoms with E-state index in [1.165, 1.54) is 15.6 Å². The Hall–Kier alpha value is -2.89. The van der Waals surface area contributed by atoms with Crippen molar-refractivity contribution < 1.29 is 27.4 Å². The number of aromatic nitrogens is 1. The zero-order valence-electron chi connectivity index (χ0n) is 20.0. The van der Waals surface area contributed by atoms with Crippen LogP contribution < -0.4 is 19.5 Å². The summed E-state index contributed by atoms with van der Waals surface area (Å²) in [6.07, 6.45) is 1.75. The van der Waals surface area contributed by atoms with Crippen LogP contribution in [0.3, 0.4) is 0 Å². The highest BCUT2D eigenvalue weighted by molar-refractivity contribution is 7.89. The van der Waals surface area contributed by atoms with Crippen molar-refractivity contribution in [2.45, 2.75) is 38.5 Å². The first-order chi connectivity index (χ1) is 16.9. The van der Waals surface area contributed by atoms with Gasteiger partial charge in [-0.25, -0.2) is 13.4 Å². The van der Waals surface area contributed by atoms with Crippen LogP contribution in [0.2, 0.25) is 0 Å². The van der Waals surface area contributed by atoms with Gasteiger partial charge in [0.25, 0.3) is 5.91 Å². The van der Waals surface area contributed by atoms with Gasteiger partial charge in [-0.2, -0.15) is 4.31 Å². The predicted octanol–water partition coefficient (Wildman–Crippen LogP) is 4.53. The van der Waals surface area contributed by atoms with Gasteiger partial charge in [0.1, 0.15) is 0 Å². The number of carbonyl (C=O) groups excluding carboxylic acids is 1. The summed E-state index contributed by atoms with van der Waals surface area (Å²) in [4.78, 5) is 17.8. The van der Waals surface area contributed by atoms with Gasteiger partial charge >= 0.3 is 0 Å². The number of sulfonamides is 1. The highest BCUT2D eigenvalue weighted by atomic mass is 32.2. The van der Waals surface area contributed by atoms with Crippen LogP contribution in [0.25, 0.3) is 10.2 Å². The fraction of sp³-hybridized carbons (Fsp3) is 0.417. The van der Waals surface area contributed by atoms with Gasteiger partial charge in [0, 0.05) is 18.7 Å². The Morgan fingerprint density at radius 3 is 2.23 bits per heavy atom. The minimum absolute atomic E-state index is 0.239. The van der Waals surface area contributed by atoms with Gasteiger partial charge in [-0.3, -0.25) is 10.1 Å². The smallest absolute Gasteiger partial charge is 0.257 e. The van der Waals surface area contributed by atoms with E-state index < -0.39 is 10.0 Å². The highest BCUT2D eigenvalue weighted by Gasteiger charge is 2.27. The summed E-state index contributed by atoms with van der Waals surface area (Å²) in [5.74, 6) is 0.913. The predicted molar refractivity (Wildman–Crippen MR) is 136 cm³/mol. The molecule has 188 valence electrons. The van der Waals surface area contributed by atoms with E-state index in [4.69, 9.17) is 14.2 Å². The first kappa shape index (κ1) is 25.2. The fourth-order valence-electron chi connectivity index (χ4n) is 3.89. The van der Waals surface area contributed by atoms with E-state index in [1.807, 2.05) is 20.8 Å². The van der Waals surface area contributed by atoms with Crippen molar-refractivity contribution in [1.29, 1.82) is 0 Å². The van der Waals surface area contributed by atoms with E-state index in [2.05, 4.69) is 10.3 Å². The van der Waals surface area contributed by atoms with Crippen LogP contribution in [0.5, 0.6) is 17.2 Å². The molecule has 0 bridgehead atoms. The molecule has 0 radical (unpaired) electrons. The third-order valence-electron chi connectivity index (χ3n) is 5.45. The van der Waals surface area contributed by atoms with Crippen molar-refractivity contribution in [3.05, 3.63) is 35.9 Å². The van der Waals surface area contributed by atoms with E-state index in [0.717, 1.165) is 12.8 Å². The molecule has 4 rings (SSSR count). The molecule has 1 fully saturated rings. The average molecular weight is 520 g/mol. The van der Waals surface area contributed by atoms with Crippen LogP contribution >= 0.6 is 11.3 Å². The molecule has 3 aromatic rings. The summed E-state index contributed by atoms with van der Waals surface area (Å²) in [6, 6.07) is 8.08. The molecule has 0 aliphatic carbocycles. The van der Waals surface area contributed by atoms with E-state index in [1.54, 1.807) is 30.3 Å². The standard InChI is InChI=1S/C24H29N3O6S2/c1-4-31-19-13-16(14-20(32-5-2)22(19)33-6-3)23(28)26-24-25-18-10-9-17(15-21(18)34-24)35(29,30)27-11-7-8-12-27/h9-10,13-15H,4-8,11-12H2,1-3H3,(H,25,26,28). The number of carbonyl (C=O) groups is 1. The van der Waals surface area contributed by atoms with Crippen LogP contribution in [-0.2, 0) is 10.0 Å².